The SMILES string of the molecule is CCS(=O)(=O)NCC(c1ccc(F)cc1)c1ccccn1. The lowest BCUT2D eigenvalue weighted by Gasteiger charge is -2.17. The highest BCUT2D eigenvalue weighted by Gasteiger charge is 2.18. The molecule has 0 aliphatic carbocycles. The molecule has 2 rings (SSSR count). The topological polar surface area (TPSA) is 59.1 Å². The van der Waals surface area contributed by atoms with Gasteiger partial charge in [-0.05, 0) is 36.8 Å². The molecule has 0 amide bonds. The van der Waals surface area contributed by atoms with Crippen LogP contribution in [0, 0.1) is 5.82 Å². The highest BCUT2D eigenvalue weighted by molar-refractivity contribution is 7.89. The number of halogens is 1. The number of sulfonamides is 1. The molecule has 1 unspecified atom stereocenters. The molecule has 112 valence electrons. The van der Waals surface area contributed by atoms with Gasteiger partial charge < -0.3 is 0 Å². The van der Waals surface area contributed by atoms with Crippen molar-refractivity contribution in [1.82, 2.24) is 9.71 Å². The Morgan fingerprint density at radius 3 is 2.48 bits per heavy atom. The van der Waals surface area contributed by atoms with Crippen LogP contribution in [0.1, 0.15) is 24.1 Å². The molecule has 1 N–H and O–H groups in total. The van der Waals surface area contributed by atoms with Gasteiger partial charge in [-0.1, -0.05) is 18.2 Å². The lowest BCUT2D eigenvalue weighted by molar-refractivity contribution is 0.577. The van der Waals surface area contributed by atoms with E-state index in [-0.39, 0.29) is 24.0 Å². The first-order chi connectivity index (χ1) is 10.0. The van der Waals surface area contributed by atoms with Gasteiger partial charge in [-0.2, -0.15) is 0 Å². The zero-order valence-electron chi connectivity index (χ0n) is 11.7. The second-order valence-corrected chi connectivity index (χ2v) is 6.71. The van der Waals surface area contributed by atoms with Crippen LogP contribution in [-0.4, -0.2) is 25.7 Å². The van der Waals surface area contributed by atoms with Crippen molar-refractivity contribution in [3.05, 3.63) is 65.7 Å². The number of benzene rings is 1. The number of rotatable bonds is 6. The van der Waals surface area contributed by atoms with Crippen molar-refractivity contribution in [2.24, 2.45) is 0 Å². The number of hydrogen-bond acceptors (Lipinski definition) is 3. The molecule has 0 aliphatic rings. The number of aromatic nitrogens is 1. The molecule has 1 heterocycles. The van der Waals surface area contributed by atoms with Gasteiger partial charge >= 0.3 is 0 Å². The van der Waals surface area contributed by atoms with Crippen molar-refractivity contribution in [2.45, 2.75) is 12.8 Å². The van der Waals surface area contributed by atoms with E-state index < -0.39 is 10.0 Å². The highest BCUT2D eigenvalue weighted by atomic mass is 32.2. The molecule has 6 heteroatoms. The van der Waals surface area contributed by atoms with Crippen molar-refractivity contribution in [2.75, 3.05) is 12.3 Å². The Hall–Kier alpha value is -1.79. The summed E-state index contributed by atoms with van der Waals surface area (Å²) in [6.45, 7) is 1.77. The third-order valence-electron chi connectivity index (χ3n) is 3.20. The smallest absolute Gasteiger partial charge is 0.211 e. The first-order valence-corrected chi connectivity index (χ1v) is 8.31. The van der Waals surface area contributed by atoms with Crippen LogP contribution in [0.25, 0.3) is 0 Å². The van der Waals surface area contributed by atoms with Gasteiger partial charge in [0.15, 0.2) is 0 Å². The Kier molecular flexibility index (Phi) is 5.03. The lowest BCUT2D eigenvalue weighted by Crippen LogP contribution is -2.30. The first-order valence-electron chi connectivity index (χ1n) is 6.65. The molecule has 4 nitrogen and oxygen atoms in total. The van der Waals surface area contributed by atoms with E-state index in [0.29, 0.717) is 0 Å². The second-order valence-electron chi connectivity index (χ2n) is 4.61. The van der Waals surface area contributed by atoms with Crippen molar-refractivity contribution in [1.29, 1.82) is 0 Å². The summed E-state index contributed by atoms with van der Waals surface area (Å²) in [5.41, 5.74) is 1.55. The minimum absolute atomic E-state index is 0.0192. The maximum atomic E-state index is 13.1. The fourth-order valence-corrected chi connectivity index (χ4v) is 2.61. The third kappa shape index (κ3) is 4.34. The van der Waals surface area contributed by atoms with Crippen molar-refractivity contribution >= 4 is 10.0 Å². The predicted molar refractivity (Wildman–Crippen MR) is 79.9 cm³/mol. The zero-order valence-corrected chi connectivity index (χ0v) is 12.5. The Labute approximate surface area is 124 Å². The molecular formula is C15H17FN2O2S. The third-order valence-corrected chi connectivity index (χ3v) is 4.57. The van der Waals surface area contributed by atoms with E-state index in [4.69, 9.17) is 0 Å². The summed E-state index contributed by atoms with van der Waals surface area (Å²) in [5, 5.41) is 0. The van der Waals surface area contributed by atoms with Crippen LogP contribution >= 0.6 is 0 Å². The zero-order chi connectivity index (χ0) is 15.3. The molecule has 0 aliphatic heterocycles. The van der Waals surface area contributed by atoms with Gasteiger partial charge in [0.2, 0.25) is 10.0 Å². The average Bonchev–Trinajstić information content (AvgIpc) is 2.50. The van der Waals surface area contributed by atoms with Crippen molar-refractivity contribution < 1.29 is 12.8 Å². The second kappa shape index (κ2) is 6.78. The van der Waals surface area contributed by atoms with Crippen molar-refractivity contribution in [3.8, 4) is 0 Å². The molecule has 0 radical (unpaired) electrons. The minimum atomic E-state index is -3.29. The summed E-state index contributed by atoms with van der Waals surface area (Å²) < 4.78 is 38.9. The number of hydrogen-bond donors (Lipinski definition) is 1. The lowest BCUT2D eigenvalue weighted by atomic mass is 9.95. The van der Waals surface area contributed by atoms with Gasteiger partial charge in [-0.15, -0.1) is 0 Å². The van der Waals surface area contributed by atoms with E-state index in [1.165, 1.54) is 12.1 Å². The van der Waals surface area contributed by atoms with Crippen LogP contribution in [0.3, 0.4) is 0 Å². The van der Waals surface area contributed by atoms with Crippen LogP contribution in [0.4, 0.5) is 4.39 Å². The molecule has 21 heavy (non-hydrogen) atoms. The van der Waals surface area contributed by atoms with Gasteiger partial charge in [-0.25, -0.2) is 17.5 Å². The van der Waals surface area contributed by atoms with E-state index >= 15 is 0 Å². The molecule has 0 bridgehead atoms. The van der Waals surface area contributed by atoms with E-state index in [1.54, 1.807) is 31.3 Å². The summed E-state index contributed by atoms with van der Waals surface area (Å²) in [4.78, 5) is 4.28. The number of nitrogens with zero attached hydrogens (tertiary/aromatic N) is 1. The molecule has 0 spiro atoms. The van der Waals surface area contributed by atoms with Crippen LogP contribution in [0.5, 0.6) is 0 Å². The van der Waals surface area contributed by atoms with Gasteiger partial charge in [0, 0.05) is 24.4 Å². The number of pyridine rings is 1. The Morgan fingerprint density at radius 1 is 1.19 bits per heavy atom. The Morgan fingerprint density at radius 2 is 1.90 bits per heavy atom. The standard InChI is InChI=1S/C15H17FN2O2S/c1-2-21(19,20)18-11-14(15-5-3-4-10-17-15)12-6-8-13(16)9-7-12/h3-10,14,18H,2,11H2,1H3. The maximum absolute atomic E-state index is 13.1. The average molecular weight is 308 g/mol. The quantitative estimate of drug-likeness (QED) is 0.891. The molecule has 0 saturated heterocycles. The largest absolute Gasteiger partial charge is 0.261 e. The molecular weight excluding hydrogens is 291 g/mol. The fourth-order valence-electron chi connectivity index (χ4n) is 1.98. The van der Waals surface area contributed by atoms with E-state index in [9.17, 15) is 12.8 Å². The first kappa shape index (κ1) is 15.6. The highest BCUT2D eigenvalue weighted by Crippen LogP contribution is 2.22. The van der Waals surface area contributed by atoms with Gasteiger partial charge in [0.05, 0.1) is 5.75 Å². The van der Waals surface area contributed by atoms with Crippen LogP contribution in [0.2, 0.25) is 0 Å². The monoisotopic (exact) mass is 308 g/mol. The molecule has 1 aromatic carbocycles. The summed E-state index contributed by atoms with van der Waals surface area (Å²) in [6.07, 6.45) is 1.65. The van der Waals surface area contributed by atoms with E-state index in [0.717, 1.165) is 11.3 Å². The van der Waals surface area contributed by atoms with Crippen LogP contribution in [-0.2, 0) is 10.0 Å². The van der Waals surface area contributed by atoms with E-state index in [1.807, 2.05) is 12.1 Å². The van der Waals surface area contributed by atoms with Crippen LogP contribution in [0.15, 0.2) is 48.7 Å². The van der Waals surface area contributed by atoms with Crippen LogP contribution < -0.4 is 4.72 Å². The normalized spacial score (nSPS) is 13.0. The molecule has 2 aromatic rings. The fraction of sp³-hybridized carbons (Fsp3) is 0.267. The summed E-state index contributed by atoms with van der Waals surface area (Å²) >= 11 is 0. The molecule has 0 saturated carbocycles. The number of nitrogens with one attached hydrogen (secondary N) is 1. The van der Waals surface area contributed by atoms with E-state index in [2.05, 4.69) is 9.71 Å². The van der Waals surface area contributed by atoms with Crippen molar-refractivity contribution in [3.63, 3.8) is 0 Å². The summed E-state index contributed by atoms with van der Waals surface area (Å²) in [6, 6.07) is 11.5. The predicted octanol–water partition coefficient (Wildman–Crippen LogP) is 2.29. The Balaban J connectivity index is 2.29. The molecule has 1 atom stereocenters. The van der Waals surface area contributed by atoms with Gasteiger partial charge in [0.25, 0.3) is 0 Å². The van der Waals surface area contributed by atoms with Gasteiger partial charge in [0.1, 0.15) is 5.82 Å². The molecule has 0 fully saturated rings. The minimum Gasteiger partial charge on any atom is -0.261 e. The maximum Gasteiger partial charge on any atom is 0.211 e. The summed E-state index contributed by atoms with van der Waals surface area (Å²) in [7, 11) is -3.29. The molecule has 1 aromatic heterocycles. The summed E-state index contributed by atoms with van der Waals surface area (Å²) in [5.74, 6) is -0.563. The van der Waals surface area contributed by atoms with Gasteiger partial charge in [-0.3, -0.25) is 4.98 Å². The Bertz CT molecular complexity index is 673.